The Morgan fingerprint density at radius 3 is 2.81 bits per heavy atom. The second-order valence-electron chi connectivity index (χ2n) is 7.79. The third-order valence-corrected chi connectivity index (χ3v) is 5.77. The number of para-hydroxylation sites is 1. The molecule has 6 nitrogen and oxygen atoms in total. The molecule has 0 spiro atoms. The number of halogens is 1. The second-order valence-corrected chi connectivity index (χ2v) is 7.79. The summed E-state index contributed by atoms with van der Waals surface area (Å²) in [6.45, 7) is 1.10. The predicted molar refractivity (Wildman–Crippen MR) is 115 cm³/mol. The molecule has 2 aromatic carbocycles. The van der Waals surface area contributed by atoms with Gasteiger partial charge in [0.15, 0.2) is 0 Å². The molecule has 1 aromatic heterocycles. The third-order valence-electron chi connectivity index (χ3n) is 5.77. The molecule has 0 aliphatic carbocycles. The molecule has 1 fully saturated rings. The van der Waals surface area contributed by atoms with E-state index in [1.165, 1.54) is 12.1 Å². The zero-order chi connectivity index (χ0) is 22.0. The van der Waals surface area contributed by atoms with Crippen LogP contribution < -0.4 is 10.5 Å². The number of amides is 2. The molecule has 31 heavy (non-hydrogen) atoms. The van der Waals surface area contributed by atoms with E-state index < -0.39 is 11.7 Å². The Balaban J connectivity index is 1.60. The highest BCUT2D eigenvalue weighted by Crippen LogP contribution is 2.31. The van der Waals surface area contributed by atoms with Gasteiger partial charge in [-0.3, -0.25) is 14.6 Å². The van der Waals surface area contributed by atoms with Gasteiger partial charge in [-0.1, -0.05) is 18.2 Å². The highest BCUT2D eigenvalue weighted by Gasteiger charge is 2.29. The summed E-state index contributed by atoms with van der Waals surface area (Å²) in [7, 11) is 1.59. The van der Waals surface area contributed by atoms with Gasteiger partial charge in [0.05, 0.1) is 30.3 Å². The first-order valence-electron chi connectivity index (χ1n) is 10.3. The summed E-state index contributed by atoms with van der Waals surface area (Å²) in [6.07, 6.45) is 1.83. The normalized spacial score (nSPS) is 16.3. The van der Waals surface area contributed by atoms with E-state index >= 15 is 0 Å². The second kappa shape index (κ2) is 8.71. The van der Waals surface area contributed by atoms with Crippen LogP contribution in [-0.2, 0) is 11.2 Å². The number of pyridine rings is 1. The van der Waals surface area contributed by atoms with Crippen LogP contribution in [0.2, 0.25) is 0 Å². The number of hydrogen-bond acceptors (Lipinski definition) is 4. The number of nitrogens with zero attached hydrogens (tertiary/aromatic N) is 2. The van der Waals surface area contributed by atoms with Crippen LogP contribution in [0.1, 0.15) is 40.4 Å². The number of carbonyl (C=O) groups excluding carboxylic acids is 2. The van der Waals surface area contributed by atoms with Gasteiger partial charge in [-0.05, 0) is 43.2 Å². The molecular weight excluding hydrogens is 397 g/mol. The summed E-state index contributed by atoms with van der Waals surface area (Å²) in [6, 6.07) is 13.3. The van der Waals surface area contributed by atoms with Crippen molar-refractivity contribution >= 4 is 22.7 Å². The number of fused-ring (bicyclic) bond motifs is 1. The quantitative estimate of drug-likeness (QED) is 0.684. The minimum Gasteiger partial charge on any atom is -0.496 e. The number of piperidine rings is 1. The van der Waals surface area contributed by atoms with Gasteiger partial charge in [0, 0.05) is 30.0 Å². The first-order valence-corrected chi connectivity index (χ1v) is 10.3. The molecule has 7 heteroatoms. The fourth-order valence-corrected chi connectivity index (χ4v) is 4.22. The summed E-state index contributed by atoms with van der Waals surface area (Å²) < 4.78 is 19.0. The molecule has 2 N–H and O–H groups in total. The molecule has 3 aromatic rings. The Kier molecular flexibility index (Phi) is 5.84. The molecule has 1 atom stereocenters. The van der Waals surface area contributed by atoms with Gasteiger partial charge < -0.3 is 15.4 Å². The minimum absolute atomic E-state index is 0.00214. The molecule has 1 saturated heterocycles. The third kappa shape index (κ3) is 4.35. The van der Waals surface area contributed by atoms with Gasteiger partial charge in [-0.2, -0.15) is 0 Å². The van der Waals surface area contributed by atoms with Crippen molar-refractivity contribution in [2.24, 2.45) is 5.73 Å². The van der Waals surface area contributed by atoms with Crippen LogP contribution in [0.25, 0.3) is 10.9 Å². The number of ether oxygens (including phenoxy) is 1. The molecule has 2 amide bonds. The predicted octanol–water partition coefficient (Wildman–Crippen LogP) is 3.43. The van der Waals surface area contributed by atoms with Crippen LogP contribution >= 0.6 is 0 Å². The molecule has 1 aliphatic heterocycles. The largest absolute Gasteiger partial charge is 0.496 e. The Bertz CT molecular complexity index is 1150. The Morgan fingerprint density at radius 2 is 2.03 bits per heavy atom. The van der Waals surface area contributed by atoms with Crippen LogP contribution in [0.4, 0.5) is 4.39 Å². The maximum atomic E-state index is 13.6. The van der Waals surface area contributed by atoms with Gasteiger partial charge >= 0.3 is 0 Å². The van der Waals surface area contributed by atoms with Gasteiger partial charge in [-0.15, -0.1) is 0 Å². The number of likely N-dealkylation sites (tertiary alicyclic amines) is 1. The van der Waals surface area contributed by atoms with Crippen molar-refractivity contribution in [3.63, 3.8) is 0 Å². The van der Waals surface area contributed by atoms with E-state index in [0.29, 0.717) is 35.4 Å². The van der Waals surface area contributed by atoms with E-state index in [1.54, 1.807) is 19.2 Å². The highest BCUT2D eigenvalue weighted by molar-refractivity contribution is 5.98. The monoisotopic (exact) mass is 421 g/mol. The summed E-state index contributed by atoms with van der Waals surface area (Å²) in [5.41, 5.74) is 7.89. The fraction of sp³-hybridized carbons (Fsp3) is 0.292. The van der Waals surface area contributed by atoms with E-state index in [2.05, 4.69) is 4.98 Å². The summed E-state index contributed by atoms with van der Waals surface area (Å²) >= 11 is 0. The van der Waals surface area contributed by atoms with Crippen LogP contribution in [0.15, 0.2) is 48.5 Å². The van der Waals surface area contributed by atoms with Crippen molar-refractivity contribution in [1.82, 2.24) is 9.88 Å². The van der Waals surface area contributed by atoms with Crippen molar-refractivity contribution in [1.29, 1.82) is 0 Å². The number of benzene rings is 2. The summed E-state index contributed by atoms with van der Waals surface area (Å²) in [4.78, 5) is 31.6. The average Bonchev–Trinajstić information content (AvgIpc) is 2.78. The van der Waals surface area contributed by atoms with Gasteiger partial charge in [0.2, 0.25) is 5.91 Å². The maximum Gasteiger partial charge on any atom is 0.250 e. The standard InChI is InChI=1S/C24H24FN3O3/c1-31-21-7-3-2-5-15(21)13-22(29)28-10-4-6-16(14-28)23-19(24(26)30)12-17-11-18(25)8-9-20(17)27-23/h2-3,5,7-9,11-12,16H,4,6,10,13-14H2,1H3,(H2,26,30). The summed E-state index contributed by atoms with van der Waals surface area (Å²) in [5, 5.41) is 0.525. The Labute approximate surface area is 179 Å². The lowest BCUT2D eigenvalue weighted by Crippen LogP contribution is -2.40. The maximum absolute atomic E-state index is 13.6. The first kappa shape index (κ1) is 20.8. The van der Waals surface area contributed by atoms with E-state index in [-0.39, 0.29) is 23.8 Å². The molecule has 1 unspecified atom stereocenters. The highest BCUT2D eigenvalue weighted by atomic mass is 19.1. The Hall–Kier alpha value is -3.48. The molecule has 2 heterocycles. The van der Waals surface area contributed by atoms with Gasteiger partial charge in [-0.25, -0.2) is 4.39 Å². The average molecular weight is 421 g/mol. The van der Waals surface area contributed by atoms with Crippen molar-refractivity contribution in [3.8, 4) is 5.75 Å². The number of carbonyl (C=O) groups is 2. The number of hydrogen-bond donors (Lipinski definition) is 1. The molecule has 0 saturated carbocycles. The molecule has 1 aliphatic rings. The minimum atomic E-state index is -0.605. The number of rotatable bonds is 5. The van der Waals surface area contributed by atoms with Crippen molar-refractivity contribution in [3.05, 3.63) is 71.2 Å². The number of primary amides is 1. The number of methoxy groups -OCH3 is 1. The SMILES string of the molecule is COc1ccccc1CC(=O)N1CCCC(c2nc3ccc(F)cc3cc2C(N)=O)C1. The zero-order valence-corrected chi connectivity index (χ0v) is 17.3. The van der Waals surface area contributed by atoms with E-state index in [1.807, 2.05) is 29.2 Å². The van der Waals surface area contributed by atoms with Crippen molar-refractivity contribution in [2.45, 2.75) is 25.2 Å². The van der Waals surface area contributed by atoms with E-state index in [0.717, 1.165) is 18.4 Å². The van der Waals surface area contributed by atoms with Crippen LogP contribution in [0, 0.1) is 5.82 Å². The van der Waals surface area contributed by atoms with E-state index in [4.69, 9.17) is 10.5 Å². The van der Waals surface area contributed by atoms with Gasteiger partial charge in [0.1, 0.15) is 11.6 Å². The number of nitrogens with two attached hydrogens (primary N) is 1. The van der Waals surface area contributed by atoms with Crippen LogP contribution in [-0.4, -0.2) is 41.9 Å². The molecule has 0 radical (unpaired) electrons. The van der Waals surface area contributed by atoms with Crippen molar-refractivity contribution < 1.29 is 18.7 Å². The van der Waals surface area contributed by atoms with Crippen LogP contribution in [0.5, 0.6) is 5.75 Å². The fourth-order valence-electron chi connectivity index (χ4n) is 4.22. The van der Waals surface area contributed by atoms with Crippen LogP contribution in [0.3, 0.4) is 0 Å². The molecule has 4 rings (SSSR count). The lowest BCUT2D eigenvalue weighted by Gasteiger charge is -2.33. The summed E-state index contributed by atoms with van der Waals surface area (Å²) in [5.74, 6) is -0.441. The smallest absolute Gasteiger partial charge is 0.250 e. The molecule has 160 valence electrons. The topological polar surface area (TPSA) is 85.5 Å². The number of aromatic nitrogens is 1. The zero-order valence-electron chi connectivity index (χ0n) is 17.3. The van der Waals surface area contributed by atoms with E-state index in [9.17, 15) is 14.0 Å². The molecule has 0 bridgehead atoms. The lowest BCUT2D eigenvalue weighted by molar-refractivity contribution is -0.131. The van der Waals surface area contributed by atoms with Gasteiger partial charge in [0.25, 0.3) is 5.91 Å². The first-order chi connectivity index (χ1) is 15.0. The Morgan fingerprint density at radius 1 is 1.23 bits per heavy atom. The lowest BCUT2D eigenvalue weighted by atomic mass is 9.90. The molecular formula is C24H24FN3O3. The van der Waals surface area contributed by atoms with Crippen molar-refractivity contribution in [2.75, 3.05) is 20.2 Å².